The molecule has 0 saturated carbocycles. The molecule has 0 bridgehead atoms. The van der Waals surface area contributed by atoms with Gasteiger partial charge in [-0.15, -0.1) is 0 Å². The Balaban J connectivity index is 1.80. The summed E-state index contributed by atoms with van der Waals surface area (Å²) in [6, 6.07) is 7.36. The number of aliphatic carboxylic acids is 1. The summed E-state index contributed by atoms with van der Waals surface area (Å²) in [7, 11) is 0. The predicted molar refractivity (Wildman–Crippen MR) is 79.8 cm³/mol. The van der Waals surface area contributed by atoms with E-state index in [1.165, 1.54) is 37.9 Å². The first kappa shape index (κ1) is 15.0. The number of nitrogens with two attached hydrogens (primary N) is 1. The lowest BCUT2D eigenvalue weighted by Crippen LogP contribution is -2.32. The molecule has 0 radical (unpaired) electrons. The van der Waals surface area contributed by atoms with Crippen LogP contribution < -0.4 is 5.73 Å². The fraction of sp³-hybridized carbons (Fsp3) is 0.562. The van der Waals surface area contributed by atoms with E-state index in [4.69, 9.17) is 10.8 Å². The van der Waals surface area contributed by atoms with E-state index in [1.807, 2.05) is 12.1 Å². The number of likely N-dealkylation sites (tertiary alicyclic amines) is 1. The van der Waals surface area contributed by atoms with E-state index in [-0.39, 0.29) is 0 Å². The lowest BCUT2D eigenvalue weighted by Gasteiger charge is -2.26. The molecule has 1 unspecified atom stereocenters. The Bertz CT molecular complexity index is 425. The molecule has 1 saturated heterocycles. The van der Waals surface area contributed by atoms with Gasteiger partial charge in [0.1, 0.15) is 6.04 Å². The number of hydrogen-bond acceptors (Lipinski definition) is 3. The molecular formula is C16H24N2O2. The molecule has 110 valence electrons. The monoisotopic (exact) mass is 276 g/mol. The van der Waals surface area contributed by atoms with E-state index in [0.29, 0.717) is 6.42 Å². The fourth-order valence-electron chi connectivity index (χ4n) is 2.65. The molecule has 1 atom stereocenters. The largest absolute Gasteiger partial charge is 0.480 e. The second-order valence-corrected chi connectivity index (χ2v) is 5.62. The molecule has 4 nitrogen and oxygen atoms in total. The van der Waals surface area contributed by atoms with Gasteiger partial charge in [0.25, 0.3) is 0 Å². The Labute approximate surface area is 120 Å². The summed E-state index contributed by atoms with van der Waals surface area (Å²) in [6.07, 6.45) is 5.47. The number of carbonyl (C=O) groups is 1. The standard InChI is InChI=1S/C16H24N2O2/c17-15(16(19)20)12-14-6-4-13(5-7-14)8-11-18-9-2-1-3-10-18/h4-7,15H,1-3,8-12,17H2,(H,19,20). The van der Waals surface area contributed by atoms with Gasteiger partial charge in [0.05, 0.1) is 0 Å². The highest BCUT2D eigenvalue weighted by Crippen LogP contribution is 2.11. The molecule has 3 N–H and O–H groups in total. The first-order chi connectivity index (χ1) is 9.65. The van der Waals surface area contributed by atoms with Crippen molar-refractivity contribution in [3.05, 3.63) is 35.4 Å². The second kappa shape index (κ2) is 7.41. The summed E-state index contributed by atoms with van der Waals surface area (Å²) in [6.45, 7) is 3.57. The molecule has 1 heterocycles. The van der Waals surface area contributed by atoms with Crippen LogP contribution in [0.3, 0.4) is 0 Å². The van der Waals surface area contributed by atoms with Gasteiger partial charge in [-0.1, -0.05) is 30.7 Å². The van der Waals surface area contributed by atoms with E-state index in [0.717, 1.165) is 18.5 Å². The van der Waals surface area contributed by atoms with Crippen molar-refractivity contribution in [3.8, 4) is 0 Å². The zero-order valence-corrected chi connectivity index (χ0v) is 11.9. The highest BCUT2D eigenvalue weighted by atomic mass is 16.4. The van der Waals surface area contributed by atoms with Gasteiger partial charge in [0, 0.05) is 6.54 Å². The third-order valence-corrected chi connectivity index (χ3v) is 3.96. The molecular weight excluding hydrogens is 252 g/mol. The van der Waals surface area contributed by atoms with Crippen molar-refractivity contribution >= 4 is 5.97 Å². The predicted octanol–water partition coefficient (Wildman–Crippen LogP) is 1.67. The molecule has 1 aliphatic rings. The van der Waals surface area contributed by atoms with Gasteiger partial charge < -0.3 is 15.7 Å². The molecule has 0 spiro atoms. The molecule has 0 aliphatic carbocycles. The summed E-state index contributed by atoms with van der Waals surface area (Å²) in [5.41, 5.74) is 7.83. The molecule has 0 amide bonds. The van der Waals surface area contributed by atoms with E-state index in [9.17, 15) is 4.79 Å². The second-order valence-electron chi connectivity index (χ2n) is 5.62. The molecule has 20 heavy (non-hydrogen) atoms. The van der Waals surface area contributed by atoms with Crippen molar-refractivity contribution in [1.29, 1.82) is 0 Å². The van der Waals surface area contributed by atoms with Crippen LogP contribution in [0.2, 0.25) is 0 Å². The van der Waals surface area contributed by atoms with E-state index in [2.05, 4.69) is 17.0 Å². The first-order valence-electron chi connectivity index (χ1n) is 7.44. The Morgan fingerprint density at radius 2 is 1.75 bits per heavy atom. The number of carboxylic acid groups (broad SMARTS) is 1. The normalized spacial score (nSPS) is 17.9. The topological polar surface area (TPSA) is 66.6 Å². The Morgan fingerprint density at radius 3 is 2.35 bits per heavy atom. The van der Waals surface area contributed by atoms with E-state index >= 15 is 0 Å². The maximum atomic E-state index is 10.7. The van der Waals surface area contributed by atoms with Gasteiger partial charge in [0.15, 0.2) is 0 Å². The number of rotatable bonds is 6. The molecule has 4 heteroatoms. The maximum Gasteiger partial charge on any atom is 0.320 e. The summed E-state index contributed by atoms with van der Waals surface area (Å²) in [5, 5.41) is 8.80. The van der Waals surface area contributed by atoms with Crippen molar-refractivity contribution < 1.29 is 9.90 Å². The molecule has 0 aromatic heterocycles. The molecule has 1 fully saturated rings. The average Bonchev–Trinajstić information content (AvgIpc) is 2.47. The molecule has 1 aliphatic heterocycles. The molecule has 1 aromatic rings. The van der Waals surface area contributed by atoms with Gasteiger partial charge in [-0.3, -0.25) is 4.79 Å². The Kier molecular flexibility index (Phi) is 5.56. The van der Waals surface area contributed by atoms with E-state index < -0.39 is 12.0 Å². The van der Waals surface area contributed by atoms with Crippen molar-refractivity contribution in [3.63, 3.8) is 0 Å². The zero-order valence-electron chi connectivity index (χ0n) is 11.9. The third-order valence-electron chi connectivity index (χ3n) is 3.96. The number of hydrogen-bond donors (Lipinski definition) is 2. The van der Waals surface area contributed by atoms with Gasteiger partial charge in [-0.25, -0.2) is 0 Å². The van der Waals surface area contributed by atoms with Gasteiger partial charge in [0.2, 0.25) is 0 Å². The van der Waals surface area contributed by atoms with E-state index in [1.54, 1.807) is 0 Å². The van der Waals surface area contributed by atoms with Crippen LogP contribution in [0.25, 0.3) is 0 Å². The minimum absolute atomic E-state index is 0.391. The van der Waals surface area contributed by atoms with Crippen LogP contribution in [0, 0.1) is 0 Å². The number of carboxylic acids is 1. The van der Waals surface area contributed by atoms with Crippen LogP contribution in [-0.4, -0.2) is 41.7 Å². The quantitative estimate of drug-likeness (QED) is 0.829. The van der Waals surface area contributed by atoms with Crippen molar-refractivity contribution in [2.75, 3.05) is 19.6 Å². The highest BCUT2D eigenvalue weighted by Gasteiger charge is 2.12. The molecule has 2 rings (SSSR count). The van der Waals surface area contributed by atoms with Crippen LogP contribution >= 0.6 is 0 Å². The molecule has 1 aromatic carbocycles. The smallest absolute Gasteiger partial charge is 0.320 e. The first-order valence-corrected chi connectivity index (χ1v) is 7.44. The third kappa shape index (κ3) is 4.62. The SMILES string of the molecule is NC(Cc1ccc(CCN2CCCCC2)cc1)C(=O)O. The summed E-state index contributed by atoms with van der Waals surface area (Å²) >= 11 is 0. The van der Waals surface area contributed by atoms with Crippen LogP contribution in [0.15, 0.2) is 24.3 Å². The minimum atomic E-state index is -0.945. The zero-order chi connectivity index (χ0) is 14.4. The van der Waals surface area contributed by atoms with Crippen molar-refractivity contribution in [1.82, 2.24) is 4.90 Å². The lowest BCUT2D eigenvalue weighted by atomic mass is 10.0. The van der Waals surface area contributed by atoms with Crippen LogP contribution in [-0.2, 0) is 17.6 Å². The minimum Gasteiger partial charge on any atom is -0.480 e. The Morgan fingerprint density at radius 1 is 1.15 bits per heavy atom. The van der Waals surface area contributed by atoms with Gasteiger partial charge in [-0.2, -0.15) is 0 Å². The van der Waals surface area contributed by atoms with Crippen molar-refractivity contribution in [2.24, 2.45) is 5.73 Å². The average molecular weight is 276 g/mol. The lowest BCUT2D eigenvalue weighted by molar-refractivity contribution is -0.138. The highest BCUT2D eigenvalue weighted by molar-refractivity contribution is 5.73. The summed E-state index contributed by atoms with van der Waals surface area (Å²) in [5.74, 6) is -0.945. The number of benzene rings is 1. The number of piperidine rings is 1. The number of nitrogens with zero attached hydrogens (tertiary/aromatic N) is 1. The Hall–Kier alpha value is -1.39. The summed E-state index contributed by atoms with van der Waals surface area (Å²) < 4.78 is 0. The van der Waals surface area contributed by atoms with Gasteiger partial charge in [-0.05, 0) is 49.9 Å². The van der Waals surface area contributed by atoms with Gasteiger partial charge >= 0.3 is 5.97 Å². The maximum absolute atomic E-state index is 10.7. The van der Waals surface area contributed by atoms with Crippen LogP contribution in [0.5, 0.6) is 0 Å². The summed E-state index contributed by atoms with van der Waals surface area (Å²) in [4.78, 5) is 13.2. The van der Waals surface area contributed by atoms with Crippen molar-refractivity contribution in [2.45, 2.75) is 38.1 Å². The fourth-order valence-corrected chi connectivity index (χ4v) is 2.65. The van der Waals surface area contributed by atoms with Crippen LogP contribution in [0.4, 0.5) is 0 Å². The van der Waals surface area contributed by atoms with Crippen LogP contribution in [0.1, 0.15) is 30.4 Å².